The molecule has 125 heavy (non-hydrogen) atoms. The maximum Gasteiger partial charge on any atom is 0.417 e. The van der Waals surface area contributed by atoms with E-state index < -0.39 is 23.5 Å². The van der Waals surface area contributed by atoms with E-state index in [2.05, 4.69) is 188 Å². The lowest BCUT2D eigenvalue weighted by molar-refractivity contribution is -0.138. The Balaban J connectivity index is 0.000000108. The zero-order valence-corrected chi connectivity index (χ0v) is 71.8. The number of hydrogen-bond acceptors (Lipinski definition) is 24. The van der Waals surface area contributed by atoms with E-state index in [4.69, 9.17) is 0 Å². The van der Waals surface area contributed by atoms with E-state index in [1.807, 2.05) is 104 Å². The number of aromatic nitrogens is 17. The van der Waals surface area contributed by atoms with Crippen molar-refractivity contribution in [3.63, 3.8) is 0 Å². The molecular weight excluding hydrogens is 1590 g/mol. The van der Waals surface area contributed by atoms with Crippen LogP contribution in [-0.2, 0) is 12.4 Å². The van der Waals surface area contributed by atoms with Crippen LogP contribution in [0.2, 0.25) is 0 Å². The molecule has 646 valence electrons. The molecule has 7 atom stereocenters. The first-order valence-electron chi connectivity index (χ1n) is 43.1. The summed E-state index contributed by atoms with van der Waals surface area (Å²) in [6.07, 6.45) is 39.7. The zero-order valence-electron chi connectivity index (χ0n) is 71.8. The van der Waals surface area contributed by atoms with Crippen molar-refractivity contribution < 1.29 is 26.3 Å². The minimum absolute atomic E-state index is 0.0188. The molecule has 24 nitrogen and oxygen atoms in total. The number of alkyl halides is 6. The molecule has 0 bridgehead atoms. The van der Waals surface area contributed by atoms with E-state index in [0.29, 0.717) is 36.6 Å². The van der Waals surface area contributed by atoms with Gasteiger partial charge in [0.05, 0.1) is 74.5 Å². The second-order valence-corrected chi connectivity index (χ2v) is 33.7. The molecule has 22 rings (SSSR count). The smallest absolute Gasteiger partial charge is 0.299 e. The van der Waals surface area contributed by atoms with Crippen molar-refractivity contribution in [3.8, 4) is 0 Å². The Morgan fingerprint density at radius 3 is 1.35 bits per heavy atom. The standard InChI is InChI=1S/C17H17N3.C14H14F3N3.C13H13F3N4.C13H16N4.2C13H15N3.C12H14N4/c1-20-8-4-7-17(20)15-10-18-9-13-12-5-2-3-6-16(12)19-11-14(13)15;1-20-6-2-3-12(20)10-7-19-11-8-18-5-4-9(11)13(10)14(15,16)17;1-20-6-2-3-10(20)9-7-17-12-8(4-5-18-19-12)11(9)13(14,15)16;1-9-10(12-4-3-5-17(12)2)6-15-11-7-14-8-16-13(9)11;1-16-7-3-5-13(16)10-8-12-11(15-9-10)4-2-6-14-12;1-16-6-2-3-13(16)11-7-10-8-14-5-4-12(10)15-9-11;1-16-4-2-3-12(16)9-5-10-11(14-6-9)7-13-8-15-10/h2-3,5-6,9-11,17H,4,7-8H2,1H3;4-5,7-8,12H,2-3,6H2,1H3;4-5,7,10H,2-3,6H2,1H3;6-8,12H,3-5H2,1-2H3;2,4,6,8-9,13H,3,5,7H2,1H3;4-5,7-9,13H,2-3,6H2,1H3;5-8,12H,2-4H2,1H3/t17-;12-;10-;12-;2*13-;12-/m0000000/s1. The first-order valence-corrected chi connectivity index (χ1v) is 43.1. The number of hydrogen-bond donors (Lipinski definition) is 0. The summed E-state index contributed by atoms with van der Waals surface area (Å²) < 4.78 is 80.9. The first-order chi connectivity index (χ1) is 60.6. The third-order valence-corrected chi connectivity index (χ3v) is 25.8. The van der Waals surface area contributed by atoms with Gasteiger partial charge in [-0.3, -0.25) is 84.1 Å². The lowest BCUT2D eigenvalue weighted by atomic mass is 9.97. The predicted molar refractivity (Wildman–Crippen MR) is 475 cm³/mol. The zero-order chi connectivity index (χ0) is 86.9. The molecule has 0 aliphatic carbocycles. The van der Waals surface area contributed by atoms with Gasteiger partial charge in [0, 0.05) is 166 Å². The molecule has 14 aromatic heterocycles. The van der Waals surface area contributed by atoms with E-state index in [-0.39, 0.29) is 45.1 Å². The lowest BCUT2D eigenvalue weighted by Gasteiger charge is -2.24. The lowest BCUT2D eigenvalue weighted by Crippen LogP contribution is -2.22. The molecule has 0 spiro atoms. The van der Waals surface area contributed by atoms with Gasteiger partial charge in [0.1, 0.15) is 23.7 Å². The van der Waals surface area contributed by atoms with Crippen molar-refractivity contribution in [2.75, 3.05) is 95.1 Å². The quantitative estimate of drug-likeness (QED) is 0.106. The minimum Gasteiger partial charge on any atom is -0.299 e. The van der Waals surface area contributed by atoms with Gasteiger partial charge in [0.2, 0.25) is 0 Å². The maximum atomic E-state index is 13.5. The Kier molecular flexibility index (Phi) is 27.1. The molecule has 15 aromatic rings. The molecule has 1 aromatic carbocycles. The number of pyridine rings is 11. The Hall–Kier alpha value is -11.5. The second-order valence-electron chi connectivity index (χ2n) is 33.7. The normalized spacial score (nSPS) is 21.0. The summed E-state index contributed by atoms with van der Waals surface area (Å²) in [5.74, 6) is 0. The fourth-order valence-electron chi connectivity index (χ4n) is 19.2. The van der Waals surface area contributed by atoms with Gasteiger partial charge in [0.25, 0.3) is 0 Å². The Morgan fingerprint density at radius 1 is 0.296 bits per heavy atom. The summed E-state index contributed by atoms with van der Waals surface area (Å²) in [6.45, 7) is 9.64. The fraction of sp³-hybridized carbons (Fsp3) is 0.400. The fourth-order valence-corrected chi connectivity index (χ4v) is 19.2. The molecule has 0 saturated carbocycles. The third kappa shape index (κ3) is 19.6. The number of rotatable bonds is 7. The highest BCUT2D eigenvalue weighted by molar-refractivity contribution is 6.06. The predicted octanol–water partition coefficient (Wildman–Crippen LogP) is 18.5. The van der Waals surface area contributed by atoms with Crippen molar-refractivity contribution in [3.05, 3.63) is 246 Å². The molecule has 21 heterocycles. The summed E-state index contributed by atoms with van der Waals surface area (Å²) in [6, 6.07) is 25.5. The van der Waals surface area contributed by atoms with Crippen LogP contribution < -0.4 is 0 Å². The number of aryl methyl sites for hydroxylation is 1. The highest BCUT2D eigenvalue weighted by Gasteiger charge is 2.42. The summed E-state index contributed by atoms with van der Waals surface area (Å²) >= 11 is 0. The molecule has 7 fully saturated rings. The van der Waals surface area contributed by atoms with Crippen LogP contribution in [0.1, 0.15) is 188 Å². The van der Waals surface area contributed by atoms with Crippen molar-refractivity contribution >= 4 is 87.6 Å². The van der Waals surface area contributed by atoms with Crippen molar-refractivity contribution in [1.29, 1.82) is 0 Å². The van der Waals surface area contributed by atoms with Crippen LogP contribution in [0.15, 0.2) is 191 Å². The molecule has 0 unspecified atom stereocenters. The molecule has 7 aliphatic heterocycles. The van der Waals surface area contributed by atoms with Crippen LogP contribution in [0.4, 0.5) is 26.3 Å². The van der Waals surface area contributed by atoms with Gasteiger partial charge in [-0.1, -0.05) is 18.2 Å². The van der Waals surface area contributed by atoms with Gasteiger partial charge in [-0.15, -0.1) is 5.10 Å². The van der Waals surface area contributed by atoms with E-state index >= 15 is 0 Å². The number of nitrogens with zero attached hydrogens (tertiary/aromatic N) is 24. The highest BCUT2D eigenvalue weighted by atomic mass is 19.4. The summed E-state index contributed by atoms with van der Waals surface area (Å²) in [5, 5.41) is 12.2. The molecule has 7 saturated heterocycles. The van der Waals surface area contributed by atoms with Gasteiger partial charge < -0.3 is 0 Å². The van der Waals surface area contributed by atoms with E-state index in [1.165, 1.54) is 190 Å². The third-order valence-electron chi connectivity index (χ3n) is 25.8. The molecule has 0 N–H and O–H groups in total. The van der Waals surface area contributed by atoms with Crippen LogP contribution in [-0.4, -0.2) is 214 Å². The Bertz CT molecular complexity index is 5910. The molecule has 30 heteroatoms. The van der Waals surface area contributed by atoms with Crippen molar-refractivity contribution in [2.24, 2.45) is 0 Å². The highest BCUT2D eigenvalue weighted by Crippen LogP contribution is 2.46. The first kappa shape index (κ1) is 87.0. The Morgan fingerprint density at radius 2 is 0.752 bits per heavy atom. The van der Waals surface area contributed by atoms with Crippen LogP contribution in [0.3, 0.4) is 0 Å². The topological polar surface area (TPSA) is 242 Å². The summed E-state index contributed by atoms with van der Waals surface area (Å²) in [7, 11) is 14.6. The number of fused-ring (bicyclic) bond motifs is 9. The SMILES string of the molecule is CN1CCC[C@H]1c1cnc2cccnc2c1.CN1CCC[C@H]1c1cnc2ccncc2c1.CN1CCC[C@H]1c1cnc2cnccc2c1C(F)(F)F.CN1CCC[C@H]1c1cnc2cncnc2c1.CN1CCC[C@H]1c1cnc2nnccc2c1C(F)(F)F.CN1CCC[C@H]1c1cncc2c1cnc1ccccc12.Cc1c([C@@H]2CCCN2C)cnc2cncnc12. The van der Waals surface area contributed by atoms with Crippen LogP contribution in [0.5, 0.6) is 0 Å². The summed E-state index contributed by atoms with van der Waals surface area (Å²) in [5.41, 5.74) is 15.1. The minimum atomic E-state index is -4.43. The van der Waals surface area contributed by atoms with Crippen molar-refractivity contribution in [2.45, 2.75) is 151 Å². The maximum absolute atomic E-state index is 13.5. The average Bonchev–Trinajstić information content (AvgIpc) is 1.69. The largest absolute Gasteiger partial charge is 0.417 e. The molecular formula is C95H104F6N24. The van der Waals surface area contributed by atoms with E-state index in [1.54, 1.807) is 31.2 Å². The van der Waals surface area contributed by atoms with Gasteiger partial charge >= 0.3 is 12.4 Å². The van der Waals surface area contributed by atoms with Gasteiger partial charge in [0.15, 0.2) is 5.65 Å². The molecule has 0 amide bonds. The van der Waals surface area contributed by atoms with Gasteiger partial charge in [-0.25, -0.2) is 24.9 Å². The number of halogens is 6. The number of likely N-dealkylation sites (tertiary alicyclic amines) is 7. The van der Waals surface area contributed by atoms with Crippen LogP contribution in [0, 0.1) is 6.92 Å². The number of para-hydroxylation sites is 1. The van der Waals surface area contributed by atoms with Gasteiger partial charge in [-0.05, 0) is 280 Å². The monoisotopic (exact) mass is 1690 g/mol. The van der Waals surface area contributed by atoms with E-state index in [0.717, 1.165) is 81.9 Å². The summed E-state index contributed by atoms with van der Waals surface area (Å²) in [4.78, 5) is 79.9. The molecule has 7 aliphatic rings. The van der Waals surface area contributed by atoms with Gasteiger partial charge in [-0.2, -0.15) is 31.4 Å². The van der Waals surface area contributed by atoms with E-state index in [9.17, 15) is 26.3 Å². The Labute approximate surface area is 722 Å². The van der Waals surface area contributed by atoms with Crippen LogP contribution >= 0.6 is 0 Å². The van der Waals surface area contributed by atoms with Crippen molar-refractivity contribution in [1.82, 2.24) is 119 Å². The second kappa shape index (κ2) is 38.9. The average molecular weight is 1700 g/mol. The number of benzene rings is 1. The van der Waals surface area contributed by atoms with Crippen LogP contribution in [0.25, 0.3) is 87.6 Å². The molecule has 0 radical (unpaired) electrons.